The maximum atomic E-state index is 4.61. The SMILES string of the molecule is CCCCCCc1ccc(-c2ccc3ccnc(-c4cc(C)[nH]n4)c3c2)s1. The Morgan fingerprint density at radius 2 is 1.93 bits per heavy atom. The van der Waals surface area contributed by atoms with E-state index in [1.807, 2.05) is 30.5 Å². The van der Waals surface area contributed by atoms with Gasteiger partial charge in [0, 0.05) is 27.0 Å². The number of benzene rings is 1. The Kier molecular flexibility index (Phi) is 5.35. The number of hydrogen-bond donors (Lipinski definition) is 1. The van der Waals surface area contributed by atoms with Crippen molar-refractivity contribution in [1.82, 2.24) is 15.2 Å². The van der Waals surface area contributed by atoms with Gasteiger partial charge in [-0.15, -0.1) is 11.3 Å². The quantitative estimate of drug-likeness (QED) is 0.361. The average molecular weight is 376 g/mol. The monoisotopic (exact) mass is 375 g/mol. The molecule has 4 heteroatoms. The zero-order valence-electron chi connectivity index (χ0n) is 16.0. The number of H-pyrrole nitrogens is 1. The van der Waals surface area contributed by atoms with Gasteiger partial charge in [-0.05, 0) is 61.0 Å². The molecule has 0 aliphatic heterocycles. The third kappa shape index (κ3) is 3.96. The van der Waals surface area contributed by atoms with Crippen LogP contribution < -0.4 is 0 Å². The minimum Gasteiger partial charge on any atom is -0.282 e. The molecular formula is C23H25N3S. The molecule has 3 nitrogen and oxygen atoms in total. The summed E-state index contributed by atoms with van der Waals surface area (Å²) in [7, 11) is 0. The summed E-state index contributed by atoms with van der Waals surface area (Å²) in [6.45, 7) is 4.27. The van der Waals surface area contributed by atoms with E-state index in [0.717, 1.165) is 22.5 Å². The van der Waals surface area contributed by atoms with Crippen molar-refractivity contribution in [3.63, 3.8) is 0 Å². The van der Waals surface area contributed by atoms with Crippen LogP contribution in [0, 0.1) is 6.92 Å². The Morgan fingerprint density at radius 3 is 2.74 bits per heavy atom. The summed E-state index contributed by atoms with van der Waals surface area (Å²) in [6, 6.07) is 15.3. The fourth-order valence-corrected chi connectivity index (χ4v) is 4.50. The molecule has 4 aromatic rings. The first kappa shape index (κ1) is 17.9. The van der Waals surface area contributed by atoms with Crippen LogP contribution in [-0.2, 0) is 6.42 Å². The zero-order valence-corrected chi connectivity index (χ0v) is 16.8. The first-order valence-electron chi connectivity index (χ1n) is 9.75. The molecule has 27 heavy (non-hydrogen) atoms. The van der Waals surface area contributed by atoms with E-state index in [4.69, 9.17) is 0 Å². The van der Waals surface area contributed by atoms with E-state index >= 15 is 0 Å². The molecular weight excluding hydrogens is 350 g/mol. The van der Waals surface area contributed by atoms with Crippen molar-refractivity contribution in [3.05, 3.63) is 59.2 Å². The van der Waals surface area contributed by atoms with E-state index in [1.54, 1.807) is 0 Å². The fraction of sp³-hybridized carbons (Fsp3) is 0.304. The minimum atomic E-state index is 0.901. The van der Waals surface area contributed by atoms with Crippen LogP contribution in [0.3, 0.4) is 0 Å². The number of thiophene rings is 1. The van der Waals surface area contributed by atoms with Gasteiger partial charge in [-0.2, -0.15) is 5.10 Å². The second kappa shape index (κ2) is 8.05. The number of fused-ring (bicyclic) bond motifs is 1. The lowest BCUT2D eigenvalue weighted by atomic mass is 10.0. The van der Waals surface area contributed by atoms with Crippen LogP contribution in [0.2, 0.25) is 0 Å². The predicted molar refractivity (Wildman–Crippen MR) is 115 cm³/mol. The van der Waals surface area contributed by atoms with Gasteiger partial charge in [0.2, 0.25) is 0 Å². The molecule has 0 spiro atoms. The van der Waals surface area contributed by atoms with Crippen molar-refractivity contribution < 1.29 is 0 Å². The summed E-state index contributed by atoms with van der Waals surface area (Å²) < 4.78 is 0. The average Bonchev–Trinajstić information content (AvgIpc) is 3.33. The van der Waals surface area contributed by atoms with Crippen LogP contribution >= 0.6 is 11.3 Å². The van der Waals surface area contributed by atoms with Crippen LogP contribution in [0.4, 0.5) is 0 Å². The number of hydrogen-bond acceptors (Lipinski definition) is 3. The van der Waals surface area contributed by atoms with Crippen molar-refractivity contribution in [2.24, 2.45) is 0 Å². The molecule has 0 aliphatic rings. The Hall–Kier alpha value is -2.46. The Labute approximate surface area is 164 Å². The van der Waals surface area contributed by atoms with E-state index in [0.29, 0.717) is 0 Å². The number of nitrogens with one attached hydrogen (secondary N) is 1. The standard InChI is InChI=1S/C23H25N3S/c1-3-4-5-6-7-19-10-11-22(27-19)18-9-8-17-12-13-24-23(20(17)15-18)21-14-16(2)25-26-21/h8-15H,3-7H2,1-2H3,(H,25,26). The number of nitrogens with zero attached hydrogens (tertiary/aromatic N) is 2. The van der Waals surface area contributed by atoms with Gasteiger partial charge in [0.25, 0.3) is 0 Å². The van der Waals surface area contributed by atoms with Crippen molar-refractivity contribution >= 4 is 22.1 Å². The molecule has 0 unspecified atom stereocenters. The van der Waals surface area contributed by atoms with Gasteiger partial charge in [0.05, 0.1) is 5.69 Å². The molecule has 1 aromatic carbocycles. The predicted octanol–water partition coefficient (Wildman–Crippen LogP) is 6.78. The summed E-state index contributed by atoms with van der Waals surface area (Å²) in [6.07, 6.45) is 8.30. The first-order chi connectivity index (χ1) is 13.2. The smallest absolute Gasteiger partial charge is 0.111 e. The molecule has 0 saturated carbocycles. The van der Waals surface area contributed by atoms with E-state index in [9.17, 15) is 0 Å². The van der Waals surface area contributed by atoms with Gasteiger partial charge in [0.1, 0.15) is 5.69 Å². The molecule has 4 rings (SSSR count). The number of unbranched alkanes of at least 4 members (excludes halogenated alkanes) is 3. The Bertz CT molecular complexity index is 1040. The van der Waals surface area contributed by atoms with Crippen LogP contribution in [0.15, 0.2) is 48.7 Å². The van der Waals surface area contributed by atoms with Crippen molar-refractivity contribution in [1.29, 1.82) is 0 Å². The van der Waals surface area contributed by atoms with E-state index in [-0.39, 0.29) is 0 Å². The van der Waals surface area contributed by atoms with Crippen LogP contribution in [0.1, 0.15) is 43.2 Å². The summed E-state index contributed by atoms with van der Waals surface area (Å²) in [5.74, 6) is 0. The van der Waals surface area contributed by atoms with Crippen LogP contribution in [0.25, 0.3) is 32.6 Å². The molecule has 3 aromatic heterocycles. The van der Waals surface area contributed by atoms with Gasteiger partial charge < -0.3 is 0 Å². The number of aromatic nitrogens is 3. The van der Waals surface area contributed by atoms with Gasteiger partial charge >= 0.3 is 0 Å². The number of rotatable bonds is 7. The van der Waals surface area contributed by atoms with Crippen LogP contribution in [-0.4, -0.2) is 15.2 Å². The van der Waals surface area contributed by atoms with E-state index < -0.39 is 0 Å². The van der Waals surface area contributed by atoms with Crippen molar-refractivity contribution in [2.45, 2.75) is 46.0 Å². The normalized spacial score (nSPS) is 11.3. The molecule has 138 valence electrons. The lowest BCUT2D eigenvalue weighted by Crippen LogP contribution is -1.87. The topological polar surface area (TPSA) is 41.6 Å². The highest BCUT2D eigenvalue weighted by molar-refractivity contribution is 7.15. The lowest BCUT2D eigenvalue weighted by molar-refractivity contribution is 0.670. The third-order valence-electron chi connectivity index (χ3n) is 4.94. The third-order valence-corrected chi connectivity index (χ3v) is 6.13. The highest BCUT2D eigenvalue weighted by Crippen LogP contribution is 2.33. The second-order valence-corrected chi connectivity index (χ2v) is 8.28. The molecule has 0 saturated heterocycles. The number of pyridine rings is 1. The van der Waals surface area contributed by atoms with Gasteiger partial charge in [0.15, 0.2) is 0 Å². The zero-order chi connectivity index (χ0) is 18.6. The number of aryl methyl sites for hydroxylation is 2. The van der Waals surface area contributed by atoms with Crippen molar-refractivity contribution in [3.8, 4) is 21.8 Å². The van der Waals surface area contributed by atoms with Gasteiger partial charge in [-0.25, -0.2) is 0 Å². The summed E-state index contributed by atoms with van der Waals surface area (Å²) in [5, 5.41) is 9.78. The first-order valence-corrected chi connectivity index (χ1v) is 10.6. The summed E-state index contributed by atoms with van der Waals surface area (Å²) >= 11 is 1.92. The molecule has 1 N–H and O–H groups in total. The van der Waals surface area contributed by atoms with Gasteiger partial charge in [-0.3, -0.25) is 10.1 Å². The maximum absolute atomic E-state index is 4.61. The Morgan fingerprint density at radius 1 is 1.00 bits per heavy atom. The molecule has 0 fully saturated rings. The molecule has 0 amide bonds. The number of aromatic amines is 1. The molecule has 0 aliphatic carbocycles. The molecule has 0 bridgehead atoms. The fourth-order valence-electron chi connectivity index (χ4n) is 3.46. The van der Waals surface area contributed by atoms with Gasteiger partial charge in [-0.1, -0.05) is 38.3 Å². The van der Waals surface area contributed by atoms with E-state index in [2.05, 4.69) is 58.5 Å². The lowest BCUT2D eigenvalue weighted by Gasteiger charge is -2.05. The molecule has 3 heterocycles. The minimum absolute atomic E-state index is 0.901. The summed E-state index contributed by atoms with van der Waals surface area (Å²) in [4.78, 5) is 7.42. The second-order valence-electron chi connectivity index (χ2n) is 7.11. The van der Waals surface area contributed by atoms with Crippen molar-refractivity contribution in [2.75, 3.05) is 0 Å². The summed E-state index contributed by atoms with van der Waals surface area (Å²) in [5.41, 5.74) is 4.15. The largest absolute Gasteiger partial charge is 0.282 e. The van der Waals surface area contributed by atoms with E-state index in [1.165, 1.54) is 52.8 Å². The van der Waals surface area contributed by atoms with Crippen LogP contribution in [0.5, 0.6) is 0 Å². The highest BCUT2D eigenvalue weighted by atomic mass is 32.1. The molecule has 0 atom stereocenters. The molecule has 0 radical (unpaired) electrons. The highest BCUT2D eigenvalue weighted by Gasteiger charge is 2.11. The maximum Gasteiger partial charge on any atom is 0.111 e. The Balaban J connectivity index is 1.64.